The Kier molecular flexibility index (Phi) is 5.99. The number of halogens is 1. The third-order valence-electron chi connectivity index (χ3n) is 5.09. The van der Waals surface area contributed by atoms with Crippen molar-refractivity contribution in [3.05, 3.63) is 65.1 Å². The normalized spacial score (nSPS) is 15.9. The molecule has 3 aromatic rings. The molecule has 1 N–H and O–H groups in total. The maximum atomic E-state index is 12.8. The predicted molar refractivity (Wildman–Crippen MR) is 111 cm³/mol. The second-order valence-electron chi connectivity index (χ2n) is 6.86. The van der Waals surface area contributed by atoms with E-state index >= 15 is 0 Å². The van der Waals surface area contributed by atoms with Gasteiger partial charge < -0.3 is 19.2 Å². The summed E-state index contributed by atoms with van der Waals surface area (Å²) in [5, 5.41) is 3.62. The zero-order valence-corrected chi connectivity index (χ0v) is 16.9. The van der Waals surface area contributed by atoms with Gasteiger partial charge in [-0.15, -0.1) is 0 Å². The van der Waals surface area contributed by atoms with Gasteiger partial charge in [0.25, 0.3) is 5.91 Å². The number of imidazole rings is 1. The predicted octanol–water partition coefficient (Wildman–Crippen LogP) is 2.80. The number of nitrogens with one attached hydrogen (secondary N) is 1. The molecular formula is C21H23ClN4O3. The molecule has 7 nitrogen and oxygen atoms in total. The maximum absolute atomic E-state index is 12.8. The highest BCUT2D eigenvalue weighted by molar-refractivity contribution is 6.30. The van der Waals surface area contributed by atoms with E-state index in [1.54, 1.807) is 36.0 Å². The summed E-state index contributed by atoms with van der Waals surface area (Å²) in [5.41, 5.74) is 2.07. The summed E-state index contributed by atoms with van der Waals surface area (Å²) < 4.78 is 12.8. The molecule has 3 heterocycles. The van der Waals surface area contributed by atoms with Crippen molar-refractivity contribution in [1.29, 1.82) is 0 Å². The molecular weight excluding hydrogens is 392 g/mol. The quantitative estimate of drug-likeness (QED) is 0.671. The number of aromatic nitrogens is 2. The number of morpholine rings is 1. The lowest BCUT2D eigenvalue weighted by atomic mass is 10.0. The number of carbonyl (C=O) groups is 1. The van der Waals surface area contributed by atoms with E-state index in [1.165, 1.54) is 0 Å². The van der Waals surface area contributed by atoms with Crippen LogP contribution in [0.15, 0.2) is 48.8 Å². The summed E-state index contributed by atoms with van der Waals surface area (Å²) in [6.07, 6.45) is 3.41. The molecule has 8 heteroatoms. The summed E-state index contributed by atoms with van der Waals surface area (Å²) in [7, 11) is 1.66. The molecule has 0 aliphatic carbocycles. The summed E-state index contributed by atoms with van der Waals surface area (Å²) in [4.78, 5) is 19.5. The molecule has 0 saturated carbocycles. The van der Waals surface area contributed by atoms with Gasteiger partial charge in [0.05, 0.1) is 31.4 Å². The number of carbonyl (C=O) groups excluding carboxylic acids is 1. The standard InChI is InChI=1S/C21H23ClN4O3/c1-28-19-5-3-2-4-16(19)18(25-8-10-29-11-9-25)12-23-21(27)17-14-26-13-15(22)6-7-20(26)24-17/h2-7,13-14,18H,8-12H2,1H3,(H,23,27)/t18-/m1/s1. The van der Waals surface area contributed by atoms with Crippen LogP contribution in [0.1, 0.15) is 22.1 Å². The Morgan fingerprint density at radius 1 is 1.24 bits per heavy atom. The van der Waals surface area contributed by atoms with Crippen LogP contribution < -0.4 is 10.1 Å². The van der Waals surface area contributed by atoms with Crippen molar-refractivity contribution in [2.75, 3.05) is 40.0 Å². The number of methoxy groups -OCH3 is 1. The zero-order chi connectivity index (χ0) is 20.2. The van der Waals surface area contributed by atoms with Gasteiger partial charge in [-0.3, -0.25) is 9.69 Å². The first-order chi connectivity index (χ1) is 14.2. The number of fused-ring (bicyclic) bond motifs is 1. The zero-order valence-electron chi connectivity index (χ0n) is 16.2. The van der Waals surface area contributed by atoms with Crippen LogP contribution in [0.3, 0.4) is 0 Å². The third-order valence-corrected chi connectivity index (χ3v) is 5.31. The highest BCUT2D eigenvalue weighted by Gasteiger charge is 2.26. The lowest BCUT2D eigenvalue weighted by Crippen LogP contribution is -2.44. The van der Waals surface area contributed by atoms with E-state index in [9.17, 15) is 4.79 Å². The topological polar surface area (TPSA) is 68.1 Å². The molecule has 4 rings (SSSR count). The number of nitrogens with zero attached hydrogens (tertiary/aromatic N) is 3. The van der Waals surface area contributed by atoms with E-state index < -0.39 is 0 Å². The van der Waals surface area contributed by atoms with E-state index in [-0.39, 0.29) is 11.9 Å². The molecule has 0 radical (unpaired) electrons. The Hall–Kier alpha value is -2.61. The van der Waals surface area contributed by atoms with Crippen molar-refractivity contribution in [2.24, 2.45) is 0 Å². The van der Waals surface area contributed by atoms with E-state index in [4.69, 9.17) is 21.1 Å². The Labute approximate surface area is 174 Å². The van der Waals surface area contributed by atoms with Crippen LogP contribution in [-0.4, -0.2) is 60.1 Å². The smallest absolute Gasteiger partial charge is 0.271 e. The van der Waals surface area contributed by atoms with Crippen LogP contribution >= 0.6 is 11.6 Å². The van der Waals surface area contributed by atoms with Crippen molar-refractivity contribution in [3.8, 4) is 5.75 Å². The van der Waals surface area contributed by atoms with Crippen LogP contribution in [-0.2, 0) is 4.74 Å². The number of rotatable bonds is 6. The van der Waals surface area contributed by atoms with Gasteiger partial charge in [0.1, 0.15) is 17.1 Å². The first kappa shape index (κ1) is 19.7. The van der Waals surface area contributed by atoms with Gasteiger partial charge in [-0.2, -0.15) is 0 Å². The molecule has 29 heavy (non-hydrogen) atoms. The van der Waals surface area contributed by atoms with Crippen LogP contribution in [0.25, 0.3) is 5.65 Å². The number of ether oxygens (including phenoxy) is 2. The van der Waals surface area contributed by atoms with Gasteiger partial charge in [0.15, 0.2) is 0 Å². The molecule has 0 spiro atoms. The summed E-state index contributed by atoms with van der Waals surface area (Å²) >= 11 is 6.02. The van der Waals surface area contributed by atoms with Gasteiger partial charge in [0.2, 0.25) is 0 Å². The molecule has 1 aliphatic heterocycles. The minimum absolute atomic E-state index is 0.0227. The summed E-state index contributed by atoms with van der Waals surface area (Å²) in [6.45, 7) is 3.38. The minimum Gasteiger partial charge on any atom is -0.496 e. The molecule has 1 fully saturated rings. The molecule has 0 unspecified atom stereocenters. The van der Waals surface area contributed by atoms with Crippen molar-refractivity contribution < 1.29 is 14.3 Å². The van der Waals surface area contributed by atoms with Crippen molar-refractivity contribution >= 4 is 23.2 Å². The largest absolute Gasteiger partial charge is 0.496 e. The molecule has 2 aromatic heterocycles. The lowest BCUT2D eigenvalue weighted by Gasteiger charge is -2.35. The molecule has 1 aliphatic rings. The summed E-state index contributed by atoms with van der Waals surface area (Å²) in [5.74, 6) is 0.582. The van der Waals surface area contributed by atoms with Gasteiger partial charge in [-0.25, -0.2) is 4.98 Å². The number of pyridine rings is 1. The summed E-state index contributed by atoms with van der Waals surface area (Å²) in [6, 6.07) is 11.4. The Balaban J connectivity index is 1.54. The minimum atomic E-state index is -0.224. The van der Waals surface area contributed by atoms with Gasteiger partial charge >= 0.3 is 0 Å². The molecule has 0 bridgehead atoms. The first-order valence-electron chi connectivity index (χ1n) is 9.53. The Bertz CT molecular complexity index is 1000. The van der Waals surface area contributed by atoms with E-state index in [1.807, 2.05) is 24.3 Å². The molecule has 1 atom stereocenters. The average Bonchev–Trinajstić information content (AvgIpc) is 3.18. The van der Waals surface area contributed by atoms with Crippen molar-refractivity contribution in [3.63, 3.8) is 0 Å². The number of hydrogen-bond acceptors (Lipinski definition) is 5. The second kappa shape index (κ2) is 8.82. The van der Waals surface area contributed by atoms with Gasteiger partial charge in [-0.05, 0) is 18.2 Å². The van der Waals surface area contributed by atoms with E-state index in [0.29, 0.717) is 36.1 Å². The van der Waals surface area contributed by atoms with E-state index in [2.05, 4.69) is 15.2 Å². The number of hydrogen-bond donors (Lipinski definition) is 1. The van der Waals surface area contributed by atoms with Gasteiger partial charge in [0, 0.05) is 37.6 Å². The maximum Gasteiger partial charge on any atom is 0.271 e. The lowest BCUT2D eigenvalue weighted by molar-refractivity contribution is 0.0157. The Morgan fingerprint density at radius 2 is 2.03 bits per heavy atom. The third kappa shape index (κ3) is 4.37. The average molecular weight is 415 g/mol. The van der Waals surface area contributed by atoms with Crippen LogP contribution in [0.2, 0.25) is 5.02 Å². The fourth-order valence-electron chi connectivity index (χ4n) is 3.62. The van der Waals surface area contributed by atoms with Crippen molar-refractivity contribution in [1.82, 2.24) is 19.6 Å². The van der Waals surface area contributed by atoms with E-state index in [0.717, 1.165) is 24.4 Å². The molecule has 1 aromatic carbocycles. The Morgan fingerprint density at radius 3 is 2.83 bits per heavy atom. The van der Waals surface area contributed by atoms with Gasteiger partial charge in [-0.1, -0.05) is 29.8 Å². The fourth-order valence-corrected chi connectivity index (χ4v) is 3.79. The monoisotopic (exact) mass is 414 g/mol. The van der Waals surface area contributed by atoms with Crippen LogP contribution in [0.4, 0.5) is 0 Å². The second-order valence-corrected chi connectivity index (χ2v) is 7.29. The SMILES string of the molecule is COc1ccccc1[C@@H](CNC(=O)c1cn2cc(Cl)ccc2n1)N1CCOCC1. The van der Waals surface area contributed by atoms with Crippen molar-refractivity contribution in [2.45, 2.75) is 6.04 Å². The van der Waals surface area contributed by atoms with Crippen LogP contribution in [0, 0.1) is 0 Å². The molecule has 1 amide bonds. The number of amides is 1. The molecule has 1 saturated heterocycles. The molecule has 152 valence electrons. The number of benzene rings is 1. The number of para-hydroxylation sites is 1. The highest BCUT2D eigenvalue weighted by atomic mass is 35.5. The fraction of sp³-hybridized carbons (Fsp3) is 0.333. The highest BCUT2D eigenvalue weighted by Crippen LogP contribution is 2.29. The van der Waals surface area contributed by atoms with Crippen LogP contribution in [0.5, 0.6) is 5.75 Å². The first-order valence-corrected chi connectivity index (χ1v) is 9.90.